The number of hydrogen-bond acceptors (Lipinski definition) is 4. The molecule has 0 aliphatic carbocycles. The highest BCUT2D eigenvalue weighted by Gasteiger charge is 2.22. The van der Waals surface area contributed by atoms with Gasteiger partial charge >= 0.3 is 11.9 Å². The summed E-state index contributed by atoms with van der Waals surface area (Å²) in [6.45, 7) is 10.9. The summed E-state index contributed by atoms with van der Waals surface area (Å²) in [5, 5.41) is 0. The topological polar surface area (TPSA) is 52.6 Å². The molecule has 0 fully saturated rings. The van der Waals surface area contributed by atoms with Crippen LogP contribution in [0.1, 0.15) is 131 Å². The van der Waals surface area contributed by atoms with Crippen LogP contribution in [0.15, 0.2) is 0 Å². The molecule has 178 valence electrons. The van der Waals surface area contributed by atoms with Crippen molar-refractivity contribution in [3.63, 3.8) is 0 Å². The number of esters is 2. The van der Waals surface area contributed by atoms with Gasteiger partial charge in [0.05, 0.1) is 19.4 Å². The van der Waals surface area contributed by atoms with Crippen LogP contribution in [0, 0.1) is 11.8 Å². The standard InChI is InChI=1S/C26H50O4/c1-6-7-8-9-10-11-12-13-14-15-16-17-18-21-29-24(27)19-20-25(28)30-26(22(2)3)23(4)5/h22-23,26H,6-21H2,1-5H3. The van der Waals surface area contributed by atoms with Crippen molar-refractivity contribution in [1.29, 1.82) is 0 Å². The summed E-state index contributed by atoms with van der Waals surface area (Å²) in [4.78, 5) is 23.7. The summed E-state index contributed by atoms with van der Waals surface area (Å²) in [7, 11) is 0. The Kier molecular flexibility index (Phi) is 19.2. The Morgan fingerprint density at radius 3 is 1.43 bits per heavy atom. The van der Waals surface area contributed by atoms with E-state index < -0.39 is 0 Å². The number of carbonyl (C=O) groups excluding carboxylic acids is 2. The summed E-state index contributed by atoms with van der Waals surface area (Å²) in [5.74, 6) is -0.0512. The van der Waals surface area contributed by atoms with E-state index in [0.717, 1.165) is 12.8 Å². The number of carbonyl (C=O) groups is 2. The third-order valence-corrected chi connectivity index (χ3v) is 5.63. The molecule has 4 nitrogen and oxygen atoms in total. The maximum absolute atomic E-state index is 11.9. The van der Waals surface area contributed by atoms with Crippen LogP contribution < -0.4 is 0 Å². The highest BCUT2D eigenvalue weighted by atomic mass is 16.5. The predicted octanol–water partition coefficient (Wildman–Crippen LogP) is 7.62. The molecular formula is C26H50O4. The Balaban J connectivity index is 3.48. The zero-order valence-corrected chi connectivity index (χ0v) is 20.7. The molecule has 0 saturated carbocycles. The summed E-state index contributed by atoms with van der Waals surface area (Å²) in [6.07, 6.45) is 17.0. The van der Waals surface area contributed by atoms with E-state index in [2.05, 4.69) is 6.92 Å². The second-order valence-corrected chi connectivity index (χ2v) is 9.41. The van der Waals surface area contributed by atoms with Crippen LogP contribution in [0.2, 0.25) is 0 Å². The van der Waals surface area contributed by atoms with Crippen molar-refractivity contribution in [2.24, 2.45) is 11.8 Å². The quantitative estimate of drug-likeness (QED) is 0.148. The normalized spacial score (nSPS) is 11.5. The molecule has 30 heavy (non-hydrogen) atoms. The second-order valence-electron chi connectivity index (χ2n) is 9.41. The van der Waals surface area contributed by atoms with Gasteiger partial charge in [0.2, 0.25) is 0 Å². The van der Waals surface area contributed by atoms with Gasteiger partial charge in [-0.05, 0) is 18.3 Å². The van der Waals surface area contributed by atoms with E-state index in [-0.39, 0.29) is 42.7 Å². The first-order chi connectivity index (χ1) is 14.4. The van der Waals surface area contributed by atoms with Crippen LogP contribution in [0.5, 0.6) is 0 Å². The van der Waals surface area contributed by atoms with Gasteiger partial charge in [-0.25, -0.2) is 0 Å². The van der Waals surface area contributed by atoms with E-state index in [1.54, 1.807) is 0 Å². The van der Waals surface area contributed by atoms with Crippen LogP contribution >= 0.6 is 0 Å². The van der Waals surface area contributed by atoms with Crippen LogP contribution in [0.4, 0.5) is 0 Å². The Bertz CT molecular complexity index is 409. The van der Waals surface area contributed by atoms with E-state index in [0.29, 0.717) is 6.61 Å². The van der Waals surface area contributed by atoms with E-state index in [1.807, 2.05) is 27.7 Å². The van der Waals surface area contributed by atoms with Crippen LogP contribution in [0.25, 0.3) is 0 Å². The van der Waals surface area contributed by atoms with Gasteiger partial charge in [0, 0.05) is 0 Å². The van der Waals surface area contributed by atoms with E-state index in [4.69, 9.17) is 9.47 Å². The molecule has 0 radical (unpaired) electrons. The fourth-order valence-electron chi connectivity index (χ4n) is 3.83. The van der Waals surface area contributed by atoms with Gasteiger partial charge in [-0.3, -0.25) is 9.59 Å². The summed E-state index contributed by atoms with van der Waals surface area (Å²) in [5.41, 5.74) is 0. The maximum Gasteiger partial charge on any atom is 0.306 e. The Morgan fingerprint density at radius 2 is 1.00 bits per heavy atom. The molecule has 0 heterocycles. The lowest BCUT2D eigenvalue weighted by Gasteiger charge is -2.24. The van der Waals surface area contributed by atoms with E-state index >= 15 is 0 Å². The Labute approximate surface area is 186 Å². The molecule has 0 N–H and O–H groups in total. The minimum atomic E-state index is -0.305. The summed E-state index contributed by atoms with van der Waals surface area (Å²) in [6, 6.07) is 0. The van der Waals surface area contributed by atoms with E-state index in [1.165, 1.54) is 70.6 Å². The molecule has 4 heteroatoms. The molecule has 0 saturated heterocycles. The van der Waals surface area contributed by atoms with Crippen molar-refractivity contribution in [2.45, 2.75) is 137 Å². The largest absolute Gasteiger partial charge is 0.466 e. The second kappa shape index (κ2) is 19.9. The van der Waals surface area contributed by atoms with Crippen LogP contribution in [0.3, 0.4) is 0 Å². The number of rotatable bonds is 20. The smallest absolute Gasteiger partial charge is 0.306 e. The first-order valence-electron chi connectivity index (χ1n) is 12.7. The molecule has 0 bridgehead atoms. The number of unbranched alkanes of at least 4 members (excludes halogenated alkanes) is 12. The van der Waals surface area contributed by atoms with Crippen LogP contribution in [-0.2, 0) is 19.1 Å². The fraction of sp³-hybridized carbons (Fsp3) is 0.923. The Morgan fingerprint density at radius 1 is 0.600 bits per heavy atom. The van der Waals surface area contributed by atoms with Crippen molar-refractivity contribution >= 4 is 11.9 Å². The molecule has 0 unspecified atom stereocenters. The average Bonchev–Trinajstić information content (AvgIpc) is 2.70. The van der Waals surface area contributed by atoms with Gasteiger partial charge in [0.25, 0.3) is 0 Å². The Hall–Kier alpha value is -1.06. The zero-order valence-electron chi connectivity index (χ0n) is 20.7. The lowest BCUT2D eigenvalue weighted by atomic mass is 9.96. The van der Waals surface area contributed by atoms with Crippen LogP contribution in [-0.4, -0.2) is 24.6 Å². The van der Waals surface area contributed by atoms with Gasteiger partial charge in [-0.2, -0.15) is 0 Å². The third-order valence-electron chi connectivity index (χ3n) is 5.63. The van der Waals surface area contributed by atoms with Gasteiger partial charge in [0.1, 0.15) is 6.10 Å². The molecule has 0 atom stereocenters. The molecule has 0 rings (SSSR count). The van der Waals surface area contributed by atoms with Gasteiger partial charge < -0.3 is 9.47 Å². The predicted molar refractivity (Wildman–Crippen MR) is 125 cm³/mol. The monoisotopic (exact) mass is 426 g/mol. The minimum Gasteiger partial charge on any atom is -0.466 e. The molecule has 0 aromatic carbocycles. The van der Waals surface area contributed by atoms with Gasteiger partial charge in [-0.1, -0.05) is 112 Å². The van der Waals surface area contributed by atoms with E-state index in [9.17, 15) is 9.59 Å². The van der Waals surface area contributed by atoms with Crippen molar-refractivity contribution in [1.82, 2.24) is 0 Å². The molecular weight excluding hydrogens is 376 g/mol. The third kappa shape index (κ3) is 17.8. The number of ether oxygens (including phenoxy) is 2. The average molecular weight is 427 g/mol. The molecule has 0 amide bonds. The van der Waals surface area contributed by atoms with Crippen molar-refractivity contribution in [3.05, 3.63) is 0 Å². The van der Waals surface area contributed by atoms with Gasteiger partial charge in [-0.15, -0.1) is 0 Å². The molecule has 0 aromatic heterocycles. The maximum atomic E-state index is 11.9. The molecule has 0 aromatic rings. The SMILES string of the molecule is CCCCCCCCCCCCCCCOC(=O)CCC(=O)OC(C(C)C)C(C)C. The first-order valence-corrected chi connectivity index (χ1v) is 12.7. The number of hydrogen-bond donors (Lipinski definition) is 0. The lowest BCUT2D eigenvalue weighted by Crippen LogP contribution is -2.29. The summed E-state index contributed by atoms with van der Waals surface area (Å²) < 4.78 is 10.7. The molecule has 0 aliphatic heterocycles. The highest BCUT2D eigenvalue weighted by molar-refractivity contribution is 5.77. The van der Waals surface area contributed by atoms with Crippen molar-refractivity contribution < 1.29 is 19.1 Å². The summed E-state index contributed by atoms with van der Waals surface area (Å²) >= 11 is 0. The van der Waals surface area contributed by atoms with Gasteiger partial charge in [0.15, 0.2) is 0 Å². The first kappa shape index (κ1) is 28.9. The molecule has 0 spiro atoms. The fourth-order valence-corrected chi connectivity index (χ4v) is 3.83. The zero-order chi connectivity index (χ0) is 22.6. The van der Waals surface area contributed by atoms with Crippen molar-refractivity contribution in [2.75, 3.05) is 6.61 Å². The van der Waals surface area contributed by atoms with Crippen molar-refractivity contribution in [3.8, 4) is 0 Å². The minimum absolute atomic E-state index is 0.0979. The highest BCUT2D eigenvalue weighted by Crippen LogP contribution is 2.17. The lowest BCUT2D eigenvalue weighted by molar-refractivity contribution is -0.157. The molecule has 0 aliphatic rings.